The zero-order valence-corrected chi connectivity index (χ0v) is 13.4. The molecule has 1 unspecified atom stereocenters. The maximum atomic E-state index is 6.00. The van der Waals surface area contributed by atoms with Crippen molar-refractivity contribution in [2.75, 3.05) is 0 Å². The first-order chi connectivity index (χ1) is 9.67. The van der Waals surface area contributed by atoms with Gasteiger partial charge in [-0.25, -0.2) is 4.98 Å². The number of hydrogen-bond donors (Lipinski definition) is 1. The molecule has 1 aromatic heterocycles. The normalized spacial score (nSPS) is 16.4. The van der Waals surface area contributed by atoms with Gasteiger partial charge in [0.15, 0.2) is 0 Å². The van der Waals surface area contributed by atoms with Crippen molar-refractivity contribution in [1.29, 1.82) is 0 Å². The van der Waals surface area contributed by atoms with Crippen LogP contribution in [0.1, 0.15) is 46.9 Å². The van der Waals surface area contributed by atoms with E-state index in [2.05, 4.69) is 31.3 Å². The lowest BCUT2D eigenvalue weighted by atomic mass is 10.1. The highest BCUT2D eigenvalue weighted by molar-refractivity contribution is 7.11. The summed E-state index contributed by atoms with van der Waals surface area (Å²) in [6, 6.07) is 8.96. The third-order valence-electron chi connectivity index (χ3n) is 3.67. The summed E-state index contributed by atoms with van der Waals surface area (Å²) in [6.07, 6.45) is 3.54. The fourth-order valence-electron chi connectivity index (χ4n) is 2.35. The molecule has 0 bridgehead atoms. The van der Waals surface area contributed by atoms with Gasteiger partial charge in [-0.1, -0.05) is 30.7 Å². The van der Waals surface area contributed by atoms with Crippen molar-refractivity contribution in [1.82, 2.24) is 10.3 Å². The molecular weight excluding hydrogens is 288 g/mol. The standard InChI is InChI=1S/C16H19ClN2S/c1-3-14-10(2)20-16(19-14)15(18-13-8-9-13)11-4-6-12(17)7-5-11/h4-7,13,15,18H,3,8-9H2,1-2H3. The van der Waals surface area contributed by atoms with Crippen molar-refractivity contribution in [3.8, 4) is 0 Å². The second-order valence-electron chi connectivity index (χ2n) is 5.33. The Hall–Kier alpha value is -0.900. The first-order valence-electron chi connectivity index (χ1n) is 7.15. The monoisotopic (exact) mass is 306 g/mol. The highest BCUT2D eigenvalue weighted by Crippen LogP contribution is 2.32. The van der Waals surface area contributed by atoms with E-state index in [1.54, 1.807) is 0 Å². The van der Waals surface area contributed by atoms with Gasteiger partial charge in [-0.2, -0.15) is 0 Å². The minimum atomic E-state index is 0.198. The van der Waals surface area contributed by atoms with Crippen molar-refractivity contribution < 1.29 is 0 Å². The average Bonchev–Trinajstić information content (AvgIpc) is 3.19. The van der Waals surface area contributed by atoms with E-state index in [1.165, 1.54) is 34.0 Å². The molecule has 0 aliphatic heterocycles. The van der Waals surface area contributed by atoms with E-state index in [9.17, 15) is 0 Å². The molecule has 1 aliphatic carbocycles. The first kappa shape index (κ1) is 14.1. The van der Waals surface area contributed by atoms with Crippen LogP contribution in [-0.2, 0) is 6.42 Å². The minimum Gasteiger partial charge on any atom is -0.301 e. The lowest BCUT2D eigenvalue weighted by Gasteiger charge is -2.16. The number of nitrogens with zero attached hydrogens (tertiary/aromatic N) is 1. The molecule has 2 nitrogen and oxygen atoms in total. The SMILES string of the molecule is CCc1nc(C(NC2CC2)c2ccc(Cl)cc2)sc1C. The van der Waals surface area contributed by atoms with E-state index >= 15 is 0 Å². The Balaban J connectivity index is 1.93. The highest BCUT2D eigenvalue weighted by Gasteiger charge is 2.28. The molecule has 1 heterocycles. The van der Waals surface area contributed by atoms with Gasteiger partial charge in [0.1, 0.15) is 5.01 Å². The number of benzene rings is 1. The van der Waals surface area contributed by atoms with E-state index in [-0.39, 0.29) is 6.04 Å². The van der Waals surface area contributed by atoms with Crippen molar-refractivity contribution in [2.45, 2.75) is 45.2 Å². The Bertz CT molecular complexity index is 587. The summed E-state index contributed by atoms with van der Waals surface area (Å²) in [7, 11) is 0. The topological polar surface area (TPSA) is 24.9 Å². The van der Waals surface area contributed by atoms with Gasteiger partial charge in [-0.05, 0) is 43.9 Å². The van der Waals surface area contributed by atoms with Gasteiger partial charge >= 0.3 is 0 Å². The summed E-state index contributed by atoms with van der Waals surface area (Å²) < 4.78 is 0. The van der Waals surface area contributed by atoms with Crippen molar-refractivity contribution in [3.63, 3.8) is 0 Å². The predicted molar refractivity (Wildman–Crippen MR) is 85.7 cm³/mol. The fraction of sp³-hybridized carbons (Fsp3) is 0.438. The van der Waals surface area contributed by atoms with Crippen LogP contribution in [0.15, 0.2) is 24.3 Å². The summed E-state index contributed by atoms with van der Waals surface area (Å²) in [6.45, 7) is 4.33. The molecule has 1 atom stereocenters. The second-order valence-corrected chi connectivity index (χ2v) is 7.01. The molecule has 0 amide bonds. The molecule has 1 N–H and O–H groups in total. The molecule has 20 heavy (non-hydrogen) atoms. The van der Waals surface area contributed by atoms with Gasteiger partial charge in [0, 0.05) is 15.9 Å². The zero-order chi connectivity index (χ0) is 14.1. The summed E-state index contributed by atoms with van der Waals surface area (Å²) in [5.74, 6) is 0. The number of aryl methyl sites for hydroxylation is 2. The molecule has 2 aromatic rings. The Morgan fingerprint density at radius 2 is 2.05 bits per heavy atom. The van der Waals surface area contributed by atoms with Crippen LogP contribution < -0.4 is 5.32 Å². The molecule has 1 saturated carbocycles. The summed E-state index contributed by atoms with van der Waals surface area (Å²) >= 11 is 7.81. The van der Waals surface area contributed by atoms with Crippen LogP contribution in [-0.4, -0.2) is 11.0 Å². The highest BCUT2D eigenvalue weighted by atomic mass is 35.5. The van der Waals surface area contributed by atoms with Crippen LogP contribution in [0.25, 0.3) is 0 Å². The first-order valence-corrected chi connectivity index (χ1v) is 8.34. The molecular formula is C16H19ClN2S. The van der Waals surface area contributed by atoms with E-state index < -0.39 is 0 Å². The molecule has 1 aliphatic rings. The zero-order valence-electron chi connectivity index (χ0n) is 11.8. The Labute approximate surface area is 129 Å². The summed E-state index contributed by atoms with van der Waals surface area (Å²) in [4.78, 5) is 6.16. The van der Waals surface area contributed by atoms with Gasteiger partial charge < -0.3 is 5.32 Å². The van der Waals surface area contributed by atoms with Crippen LogP contribution in [0.4, 0.5) is 0 Å². The number of halogens is 1. The third-order valence-corrected chi connectivity index (χ3v) is 5.00. The average molecular weight is 307 g/mol. The third kappa shape index (κ3) is 3.05. The number of hydrogen-bond acceptors (Lipinski definition) is 3. The maximum absolute atomic E-state index is 6.00. The van der Waals surface area contributed by atoms with E-state index in [0.717, 1.165) is 11.4 Å². The lowest BCUT2D eigenvalue weighted by Crippen LogP contribution is -2.24. The molecule has 4 heteroatoms. The molecule has 106 valence electrons. The molecule has 1 fully saturated rings. The molecule has 3 rings (SSSR count). The molecule has 1 aromatic carbocycles. The molecule has 0 spiro atoms. The molecule has 0 saturated heterocycles. The summed E-state index contributed by atoms with van der Waals surface area (Å²) in [5, 5.41) is 5.67. The second kappa shape index (κ2) is 5.84. The van der Waals surface area contributed by atoms with Crippen LogP contribution >= 0.6 is 22.9 Å². The number of aromatic nitrogens is 1. The smallest absolute Gasteiger partial charge is 0.115 e. The maximum Gasteiger partial charge on any atom is 0.115 e. The van der Waals surface area contributed by atoms with Crippen LogP contribution in [0.3, 0.4) is 0 Å². The van der Waals surface area contributed by atoms with E-state index in [0.29, 0.717) is 6.04 Å². The van der Waals surface area contributed by atoms with Crippen molar-refractivity contribution in [3.05, 3.63) is 50.4 Å². The predicted octanol–water partition coefficient (Wildman–Crippen LogP) is 4.51. The van der Waals surface area contributed by atoms with Crippen LogP contribution in [0.2, 0.25) is 5.02 Å². The van der Waals surface area contributed by atoms with Gasteiger partial charge in [-0.3, -0.25) is 0 Å². The molecule has 0 radical (unpaired) electrons. The van der Waals surface area contributed by atoms with Crippen LogP contribution in [0.5, 0.6) is 0 Å². The lowest BCUT2D eigenvalue weighted by molar-refractivity contribution is 0.597. The Morgan fingerprint density at radius 1 is 1.35 bits per heavy atom. The Morgan fingerprint density at radius 3 is 2.60 bits per heavy atom. The summed E-state index contributed by atoms with van der Waals surface area (Å²) in [5.41, 5.74) is 2.47. The van der Waals surface area contributed by atoms with Gasteiger partial charge in [0.05, 0.1) is 11.7 Å². The number of thiazole rings is 1. The van der Waals surface area contributed by atoms with Gasteiger partial charge in [-0.15, -0.1) is 11.3 Å². The van der Waals surface area contributed by atoms with Crippen molar-refractivity contribution >= 4 is 22.9 Å². The van der Waals surface area contributed by atoms with E-state index in [4.69, 9.17) is 16.6 Å². The largest absolute Gasteiger partial charge is 0.301 e. The fourth-order valence-corrected chi connectivity index (χ4v) is 3.58. The minimum absolute atomic E-state index is 0.198. The van der Waals surface area contributed by atoms with Crippen LogP contribution in [0, 0.1) is 6.92 Å². The number of nitrogens with one attached hydrogen (secondary N) is 1. The number of rotatable bonds is 5. The van der Waals surface area contributed by atoms with Gasteiger partial charge in [0.2, 0.25) is 0 Å². The quantitative estimate of drug-likeness (QED) is 0.879. The van der Waals surface area contributed by atoms with Gasteiger partial charge in [0.25, 0.3) is 0 Å². The van der Waals surface area contributed by atoms with E-state index in [1.807, 2.05) is 23.5 Å². The Kier molecular flexibility index (Phi) is 4.11. The van der Waals surface area contributed by atoms with Crippen molar-refractivity contribution in [2.24, 2.45) is 0 Å².